The Labute approximate surface area is 172 Å². The molecule has 1 amide bonds. The van der Waals surface area contributed by atoms with Crippen LogP contribution in [0.15, 0.2) is 65.9 Å². The van der Waals surface area contributed by atoms with E-state index in [4.69, 9.17) is 0 Å². The Morgan fingerprint density at radius 2 is 1.76 bits per heavy atom. The molecular weight excluding hydrogens is 360 g/mol. The quantitative estimate of drug-likeness (QED) is 0.874. The van der Waals surface area contributed by atoms with Gasteiger partial charge in [-0.3, -0.25) is 14.6 Å². The maximum atomic E-state index is 13.3. The Kier molecular flexibility index (Phi) is 4.86. The van der Waals surface area contributed by atoms with Gasteiger partial charge in [0.25, 0.3) is 5.91 Å². The minimum atomic E-state index is -0.0125. The van der Waals surface area contributed by atoms with Gasteiger partial charge in [-0.05, 0) is 23.6 Å². The summed E-state index contributed by atoms with van der Waals surface area (Å²) >= 11 is 0. The lowest BCUT2D eigenvalue weighted by atomic mass is 10.0. The summed E-state index contributed by atoms with van der Waals surface area (Å²) in [6.45, 7) is 7.34. The molecule has 2 aromatic carbocycles. The van der Waals surface area contributed by atoms with Crippen LogP contribution in [-0.4, -0.2) is 53.1 Å². The number of amides is 1. The molecule has 0 radical (unpaired) electrons. The Balaban J connectivity index is 1.30. The lowest BCUT2D eigenvalue weighted by Gasteiger charge is -2.41. The molecule has 5 rings (SSSR count). The van der Waals surface area contributed by atoms with E-state index in [1.807, 2.05) is 11.0 Å². The van der Waals surface area contributed by atoms with Gasteiger partial charge in [0, 0.05) is 51.4 Å². The van der Waals surface area contributed by atoms with Crippen LogP contribution in [0.5, 0.6) is 0 Å². The first-order valence-corrected chi connectivity index (χ1v) is 10.5. The number of carbonyl (C=O) groups excluding carboxylic acids is 1. The summed E-state index contributed by atoms with van der Waals surface area (Å²) in [5.41, 5.74) is 6.05. The van der Waals surface area contributed by atoms with Crippen molar-refractivity contribution in [3.63, 3.8) is 0 Å². The van der Waals surface area contributed by atoms with Crippen LogP contribution < -0.4 is 5.32 Å². The second-order valence-electron chi connectivity index (χ2n) is 8.32. The van der Waals surface area contributed by atoms with Crippen LogP contribution in [-0.2, 0) is 17.9 Å². The summed E-state index contributed by atoms with van der Waals surface area (Å²) in [5, 5.41) is 3.71. The smallest absolute Gasteiger partial charge is 0.255 e. The average Bonchev–Trinajstić information content (AvgIpc) is 3.14. The van der Waals surface area contributed by atoms with E-state index in [-0.39, 0.29) is 12.2 Å². The molecule has 0 saturated carbocycles. The van der Waals surface area contributed by atoms with Gasteiger partial charge in [-0.2, -0.15) is 0 Å². The molecule has 29 heavy (non-hydrogen) atoms. The number of fused-ring (bicyclic) bond motifs is 1. The summed E-state index contributed by atoms with van der Waals surface area (Å²) in [6, 6.07) is 19.0. The van der Waals surface area contributed by atoms with Gasteiger partial charge in [0.1, 0.15) is 0 Å². The van der Waals surface area contributed by atoms with Crippen molar-refractivity contribution < 1.29 is 4.79 Å². The van der Waals surface area contributed by atoms with E-state index in [1.54, 1.807) is 0 Å². The first kappa shape index (κ1) is 18.4. The highest BCUT2D eigenvalue weighted by Crippen LogP contribution is 2.29. The zero-order valence-corrected chi connectivity index (χ0v) is 17.0. The van der Waals surface area contributed by atoms with Gasteiger partial charge < -0.3 is 10.2 Å². The van der Waals surface area contributed by atoms with E-state index in [2.05, 4.69) is 70.6 Å². The van der Waals surface area contributed by atoms with E-state index in [1.165, 1.54) is 16.7 Å². The number of carbonyl (C=O) groups is 1. The largest absolute Gasteiger partial charge is 0.356 e. The lowest BCUT2D eigenvalue weighted by molar-refractivity contribution is -0.132. The third-order valence-electron chi connectivity index (χ3n) is 6.40. The lowest BCUT2D eigenvalue weighted by Crippen LogP contribution is -2.57. The maximum Gasteiger partial charge on any atom is 0.255 e. The second-order valence-corrected chi connectivity index (χ2v) is 8.32. The molecule has 0 aromatic heterocycles. The zero-order chi connectivity index (χ0) is 19.8. The summed E-state index contributed by atoms with van der Waals surface area (Å²) in [4.78, 5) is 20.1. The van der Waals surface area contributed by atoms with Gasteiger partial charge in [-0.15, -0.1) is 0 Å². The van der Waals surface area contributed by atoms with Gasteiger partial charge in [-0.1, -0.05) is 54.6 Å². The van der Waals surface area contributed by atoms with Gasteiger partial charge in [0.2, 0.25) is 0 Å². The van der Waals surface area contributed by atoms with E-state index in [0.717, 1.165) is 57.0 Å². The van der Waals surface area contributed by atoms with Crippen molar-refractivity contribution in [2.24, 2.45) is 0 Å². The summed E-state index contributed by atoms with van der Waals surface area (Å²) in [5.74, 6) is 0.216. The number of hydrogen-bond donors (Lipinski definition) is 1. The fourth-order valence-corrected chi connectivity index (χ4v) is 4.71. The Morgan fingerprint density at radius 1 is 0.966 bits per heavy atom. The first-order chi connectivity index (χ1) is 14.2. The van der Waals surface area contributed by atoms with Crippen molar-refractivity contribution in [1.29, 1.82) is 0 Å². The van der Waals surface area contributed by atoms with Crippen molar-refractivity contribution in [1.82, 2.24) is 20.0 Å². The van der Waals surface area contributed by atoms with Crippen molar-refractivity contribution in [2.45, 2.75) is 32.7 Å². The fourth-order valence-electron chi connectivity index (χ4n) is 4.71. The molecule has 1 fully saturated rings. The molecule has 1 N–H and O–H groups in total. The number of rotatable bonds is 4. The van der Waals surface area contributed by atoms with Crippen LogP contribution in [0, 0.1) is 6.92 Å². The molecule has 1 unspecified atom stereocenters. The number of hydrogen-bond acceptors (Lipinski definition) is 4. The molecule has 0 bridgehead atoms. The molecule has 3 aliphatic rings. The molecule has 5 nitrogen and oxygen atoms in total. The number of nitrogens with one attached hydrogen (secondary N) is 1. The van der Waals surface area contributed by atoms with Crippen LogP contribution >= 0.6 is 0 Å². The zero-order valence-electron chi connectivity index (χ0n) is 17.0. The third-order valence-corrected chi connectivity index (χ3v) is 6.40. The van der Waals surface area contributed by atoms with E-state index in [0.29, 0.717) is 0 Å². The number of aryl methyl sites for hydroxylation is 1. The molecule has 2 aromatic rings. The summed E-state index contributed by atoms with van der Waals surface area (Å²) in [7, 11) is 0. The molecule has 150 valence electrons. The molecule has 3 heterocycles. The summed E-state index contributed by atoms with van der Waals surface area (Å²) in [6.07, 6.45) is 0.901. The molecule has 0 aliphatic carbocycles. The van der Waals surface area contributed by atoms with Crippen LogP contribution in [0.3, 0.4) is 0 Å². The average molecular weight is 389 g/mol. The first-order valence-electron chi connectivity index (χ1n) is 10.5. The Hall–Kier alpha value is -2.63. The fraction of sp³-hybridized carbons (Fsp3) is 0.375. The van der Waals surface area contributed by atoms with Crippen molar-refractivity contribution in [2.75, 3.05) is 26.2 Å². The minimum absolute atomic E-state index is 0.0125. The Morgan fingerprint density at radius 3 is 2.59 bits per heavy atom. The highest BCUT2D eigenvalue weighted by atomic mass is 16.2. The van der Waals surface area contributed by atoms with Crippen LogP contribution in [0.2, 0.25) is 0 Å². The van der Waals surface area contributed by atoms with Crippen molar-refractivity contribution >= 4 is 5.91 Å². The minimum Gasteiger partial charge on any atom is -0.356 e. The van der Waals surface area contributed by atoms with Crippen molar-refractivity contribution in [3.8, 4) is 0 Å². The van der Waals surface area contributed by atoms with Crippen LogP contribution in [0.4, 0.5) is 0 Å². The van der Waals surface area contributed by atoms with E-state index < -0.39 is 0 Å². The second kappa shape index (κ2) is 7.65. The van der Waals surface area contributed by atoms with E-state index >= 15 is 0 Å². The molecule has 1 atom stereocenters. The standard InChI is InChI=1S/C24H28N4O/c1-18-7-5-6-10-20(18)16-27-13-14-28-23(29)21-17-26(12-11-22(21)25-24(27)28)15-19-8-3-2-4-9-19/h2-10,24-25H,11-17H2,1H3. The number of nitrogens with zero attached hydrogens (tertiary/aromatic N) is 3. The van der Waals surface area contributed by atoms with Crippen LogP contribution in [0.25, 0.3) is 0 Å². The van der Waals surface area contributed by atoms with E-state index in [9.17, 15) is 4.79 Å². The maximum absolute atomic E-state index is 13.3. The molecule has 0 spiro atoms. The highest BCUT2D eigenvalue weighted by molar-refractivity contribution is 5.96. The van der Waals surface area contributed by atoms with Gasteiger partial charge in [0.05, 0.1) is 5.57 Å². The normalized spacial score (nSPS) is 22.4. The topological polar surface area (TPSA) is 38.8 Å². The van der Waals surface area contributed by atoms with Crippen LogP contribution in [0.1, 0.15) is 23.1 Å². The number of benzene rings is 2. The molecule has 1 saturated heterocycles. The Bertz CT molecular complexity index is 939. The monoisotopic (exact) mass is 388 g/mol. The molecule has 5 heteroatoms. The highest BCUT2D eigenvalue weighted by Gasteiger charge is 2.42. The summed E-state index contributed by atoms with van der Waals surface area (Å²) < 4.78 is 0. The van der Waals surface area contributed by atoms with Crippen molar-refractivity contribution in [3.05, 3.63) is 82.6 Å². The molecular formula is C24H28N4O. The predicted octanol–water partition coefficient (Wildman–Crippen LogP) is 2.69. The predicted molar refractivity (Wildman–Crippen MR) is 114 cm³/mol. The SMILES string of the molecule is Cc1ccccc1CN1CCN2C(=O)C3=C(CCN(Cc4ccccc4)C3)NC12. The third kappa shape index (κ3) is 3.56. The molecule has 3 aliphatic heterocycles. The van der Waals surface area contributed by atoms with Gasteiger partial charge in [0.15, 0.2) is 6.29 Å². The van der Waals surface area contributed by atoms with Gasteiger partial charge in [-0.25, -0.2) is 0 Å². The van der Waals surface area contributed by atoms with Gasteiger partial charge >= 0.3 is 0 Å².